The maximum Gasteiger partial charge on any atom is 0.254 e. The molecule has 0 radical (unpaired) electrons. The Labute approximate surface area is 148 Å². The van der Waals surface area contributed by atoms with Gasteiger partial charge in [0.1, 0.15) is 23.5 Å². The average molecular weight is 358 g/mol. The summed E-state index contributed by atoms with van der Waals surface area (Å²) < 4.78 is 12.7. The van der Waals surface area contributed by atoms with Crippen molar-refractivity contribution < 1.29 is 9.15 Å². The number of hydrogen-bond donors (Lipinski definition) is 1. The molecule has 1 unspecified atom stereocenters. The first-order valence-corrected chi connectivity index (χ1v) is 8.16. The third kappa shape index (κ3) is 3.04. The van der Waals surface area contributed by atoms with Gasteiger partial charge in [-0.1, -0.05) is 11.6 Å². The molecule has 0 saturated heterocycles. The molecule has 0 amide bonds. The number of nitrogens with one attached hydrogen (secondary N) is 1. The van der Waals surface area contributed by atoms with E-state index in [9.17, 15) is 0 Å². The highest BCUT2D eigenvalue weighted by molar-refractivity contribution is 6.31. The zero-order valence-corrected chi connectivity index (χ0v) is 14.5. The van der Waals surface area contributed by atoms with Crippen LogP contribution in [0.15, 0.2) is 41.1 Å². The standard InChI is InChI=1S/C17H16ClN5O2/c1-10(15-6-11-5-12(18)3-4-14(11)25-15)21-16-7-13(8-24-2)22-17-19-9-20-23(16)17/h3-7,9-10,21H,8H2,1-2H3. The highest BCUT2D eigenvalue weighted by Gasteiger charge is 2.15. The number of halogens is 1. The quantitative estimate of drug-likeness (QED) is 0.584. The summed E-state index contributed by atoms with van der Waals surface area (Å²) in [6.07, 6.45) is 1.47. The molecular formula is C17H16ClN5O2. The van der Waals surface area contributed by atoms with Crippen molar-refractivity contribution in [3.63, 3.8) is 0 Å². The zero-order chi connectivity index (χ0) is 17.4. The Bertz CT molecular complexity index is 1040. The molecule has 128 valence electrons. The molecule has 0 spiro atoms. The summed E-state index contributed by atoms with van der Waals surface area (Å²) in [5.74, 6) is 2.08. The maximum atomic E-state index is 6.04. The van der Waals surface area contributed by atoms with E-state index in [0.717, 1.165) is 28.2 Å². The molecule has 0 aliphatic carbocycles. The van der Waals surface area contributed by atoms with Gasteiger partial charge in [-0.2, -0.15) is 14.6 Å². The Hall–Kier alpha value is -2.64. The van der Waals surface area contributed by atoms with Gasteiger partial charge < -0.3 is 14.5 Å². The van der Waals surface area contributed by atoms with E-state index >= 15 is 0 Å². The summed E-state index contributed by atoms with van der Waals surface area (Å²) in [6, 6.07) is 9.35. The largest absolute Gasteiger partial charge is 0.459 e. The van der Waals surface area contributed by atoms with Gasteiger partial charge in [0.15, 0.2) is 0 Å². The zero-order valence-electron chi connectivity index (χ0n) is 13.7. The third-order valence-electron chi connectivity index (χ3n) is 3.89. The number of aromatic nitrogens is 4. The summed E-state index contributed by atoms with van der Waals surface area (Å²) in [4.78, 5) is 8.55. The summed E-state index contributed by atoms with van der Waals surface area (Å²) in [5.41, 5.74) is 1.57. The molecular weight excluding hydrogens is 342 g/mol. The summed E-state index contributed by atoms with van der Waals surface area (Å²) in [7, 11) is 1.63. The van der Waals surface area contributed by atoms with Crippen LogP contribution < -0.4 is 5.32 Å². The van der Waals surface area contributed by atoms with Crippen LogP contribution in [-0.2, 0) is 11.3 Å². The van der Waals surface area contributed by atoms with E-state index in [1.807, 2.05) is 37.3 Å². The van der Waals surface area contributed by atoms with Crippen molar-refractivity contribution in [2.45, 2.75) is 19.6 Å². The highest BCUT2D eigenvalue weighted by Crippen LogP contribution is 2.28. The molecule has 0 bridgehead atoms. The van der Waals surface area contributed by atoms with Gasteiger partial charge in [0.05, 0.1) is 18.3 Å². The van der Waals surface area contributed by atoms with Crippen molar-refractivity contribution in [1.82, 2.24) is 19.6 Å². The van der Waals surface area contributed by atoms with Gasteiger partial charge in [0, 0.05) is 23.6 Å². The molecule has 0 fully saturated rings. The van der Waals surface area contributed by atoms with Gasteiger partial charge in [-0.05, 0) is 31.2 Å². The lowest BCUT2D eigenvalue weighted by Crippen LogP contribution is -2.11. The van der Waals surface area contributed by atoms with E-state index in [-0.39, 0.29) is 6.04 Å². The van der Waals surface area contributed by atoms with E-state index < -0.39 is 0 Å². The molecule has 0 saturated carbocycles. The number of ether oxygens (including phenoxy) is 1. The minimum absolute atomic E-state index is 0.0867. The maximum absolute atomic E-state index is 6.04. The number of fused-ring (bicyclic) bond motifs is 2. The van der Waals surface area contributed by atoms with Crippen LogP contribution >= 0.6 is 11.6 Å². The third-order valence-corrected chi connectivity index (χ3v) is 4.12. The molecule has 25 heavy (non-hydrogen) atoms. The van der Waals surface area contributed by atoms with Crippen LogP contribution in [0.2, 0.25) is 5.02 Å². The molecule has 3 aromatic heterocycles. The van der Waals surface area contributed by atoms with Crippen LogP contribution in [0.3, 0.4) is 0 Å². The van der Waals surface area contributed by atoms with Crippen molar-refractivity contribution in [3.8, 4) is 0 Å². The van der Waals surface area contributed by atoms with Crippen LogP contribution in [-0.4, -0.2) is 26.7 Å². The Balaban J connectivity index is 1.68. The van der Waals surface area contributed by atoms with E-state index in [2.05, 4.69) is 20.4 Å². The molecule has 1 atom stereocenters. The molecule has 7 nitrogen and oxygen atoms in total. The highest BCUT2D eigenvalue weighted by atomic mass is 35.5. The summed E-state index contributed by atoms with van der Waals surface area (Å²) >= 11 is 6.04. The molecule has 1 aromatic carbocycles. The van der Waals surface area contributed by atoms with Crippen molar-refractivity contribution in [1.29, 1.82) is 0 Å². The van der Waals surface area contributed by atoms with Crippen molar-refractivity contribution in [3.05, 3.63) is 53.1 Å². The van der Waals surface area contributed by atoms with Crippen LogP contribution in [0.1, 0.15) is 24.4 Å². The molecule has 0 aliphatic heterocycles. The number of anilines is 1. The number of hydrogen-bond acceptors (Lipinski definition) is 6. The second kappa shape index (κ2) is 6.34. The number of rotatable bonds is 5. The SMILES string of the molecule is COCc1cc(NC(C)c2cc3cc(Cl)ccc3o2)n2ncnc2n1. The van der Waals surface area contributed by atoms with Crippen molar-refractivity contribution >= 4 is 34.2 Å². The minimum atomic E-state index is -0.0867. The number of nitrogens with zero attached hydrogens (tertiary/aromatic N) is 4. The number of furan rings is 1. The second-order valence-electron chi connectivity index (χ2n) is 5.73. The van der Waals surface area contributed by atoms with Crippen LogP contribution in [0, 0.1) is 0 Å². The minimum Gasteiger partial charge on any atom is -0.459 e. The van der Waals surface area contributed by atoms with Crippen LogP contribution in [0.5, 0.6) is 0 Å². The van der Waals surface area contributed by atoms with E-state index in [1.54, 1.807) is 11.6 Å². The van der Waals surface area contributed by atoms with Gasteiger partial charge in [-0.25, -0.2) is 4.98 Å². The monoisotopic (exact) mass is 357 g/mol. The molecule has 4 rings (SSSR count). The van der Waals surface area contributed by atoms with Gasteiger partial charge in [0.25, 0.3) is 5.78 Å². The summed E-state index contributed by atoms with van der Waals surface area (Å²) in [6.45, 7) is 2.41. The van der Waals surface area contributed by atoms with E-state index in [4.69, 9.17) is 20.8 Å². The number of benzene rings is 1. The van der Waals surface area contributed by atoms with E-state index in [0.29, 0.717) is 17.4 Å². The van der Waals surface area contributed by atoms with Gasteiger partial charge in [-0.15, -0.1) is 0 Å². The Morgan fingerprint density at radius 1 is 1.32 bits per heavy atom. The topological polar surface area (TPSA) is 77.5 Å². The fourth-order valence-electron chi connectivity index (χ4n) is 2.73. The number of methoxy groups -OCH3 is 1. The lowest BCUT2D eigenvalue weighted by Gasteiger charge is -2.14. The predicted octanol–water partition coefficient (Wildman–Crippen LogP) is 3.84. The predicted molar refractivity (Wildman–Crippen MR) is 94.8 cm³/mol. The normalized spacial score (nSPS) is 12.8. The molecule has 3 heterocycles. The van der Waals surface area contributed by atoms with Crippen molar-refractivity contribution in [2.24, 2.45) is 0 Å². The average Bonchev–Trinajstić information content (AvgIpc) is 3.21. The van der Waals surface area contributed by atoms with E-state index in [1.165, 1.54) is 6.33 Å². The Kier molecular flexibility index (Phi) is 4.03. The molecule has 8 heteroatoms. The van der Waals surface area contributed by atoms with Crippen LogP contribution in [0.25, 0.3) is 16.7 Å². The first-order chi connectivity index (χ1) is 12.1. The Morgan fingerprint density at radius 3 is 3.04 bits per heavy atom. The van der Waals surface area contributed by atoms with Gasteiger partial charge in [-0.3, -0.25) is 0 Å². The summed E-state index contributed by atoms with van der Waals surface area (Å²) in [5, 5.41) is 9.27. The first kappa shape index (κ1) is 15.9. The van der Waals surface area contributed by atoms with Crippen LogP contribution in [0.4, 0.5) is 5.82 Å². The Morgan fingerprint density at radius 2 is 2.20 bits per heavy atom. The van der Waals surface area contributed by atoms with Gasteiger partial charge in [0.2, 0.25) is 0 Å². The lowest BCUT2D eigenvalue weighted by molar-refractivity contribution is 0.181. The lowest BCUT2D eigenvalue weighted by atomic mass is 10.2. The molecule has 4 aromatic rings. The molecule has 0 aliphatic rings. The smallest absolute Gasteiger partial charge is 0.254 e. The second-order valence-corrected chi connectivity index (χ2v) is 6.17. The van der Waals surface area contributed by atoms with Gasteiger partial charge >= 0.3 is 0 Å². The fraction of sp³-hybridized carbons (Fsp3) is 0.235. The molecule has 1 N–H and O–H groups in total. The fourth-order valence-corrected chi connectivity index (χ4v) is 2.91. The first-order valence-electron chi connectivity index (χ1n) is 7.78. The van der Waals surface area contributed by atoms with Crippen molar-refractivity contribution in [2.75, 3.05) is 12.4 Å².